The van der Waals surface area contributed by atoms with Crippen molar-refractivity contribution >= 4 is 15.9 Å². The lowest BCUT2D eigenvalue weighted by atomic mass is 10.1. The van der Waals surface area contributed by atoms with Gasteiger partial charge in [-0.25, -0.2) is 8.42 Å². The van der Waals surface area contributed by atoms with E-state index in [2.05, 4.69) is 5.32 Å². The molecule has 186 valence electrons. The van der Waals surface area contributed by atoms with Gasteiger partial charge in [-0.1, -0.05) is 48.5 Å². The van der Waals surface area contributed by atoms with Crippen LogP contribution in [0.25, 0.3) is 0 Å². The molecule has 0 aliphatic rings. The Kier molecular flexibility index (Phi) is 8.89. The fourth-order valence-electron chi connectivity index (χ4n) is 3.74. The smallest absolute Gasteiger partial charge is 0.244 e. The lowest BCUT2D eigenvalue weighted by Crippen LogP contribution is -2.41. The number of nitrogens with one attached hydrogen (secondary N) is 1. The lowest BCUT2D eigenvalue weighted by Gasteiger charge is -2.23. The molecule has 0 saturated carbocycles. The highest BCUT2D eigenvalue weighted by Crippen LogP contribution is 2.27. The minimum Gasteiger partial charge on any atom is -0.493 e. The van der Waals surface area contributed by atoms with Crippen LogP contribution in [0.2, 0.25) is 0 Å². The van der Waals surface area contributed by atoms with Crippen LogP contribution in [0.1, 0.15) is 22.3 Å². The molecule has 1 N–H and O–H groups in total. The number of carbonyl (C=O) groups is 1. The standard InChI is InChI=1S/C27H32N2O5S/c1-20-10-11-21(2)26(16-20)35(31,32)29(18-23-8-6-5-7-9-23)19-27(30)28-15-14-22-12-13-24(33-3)25(17-22)34-4/h5-13,16-17H,14-15,18-19H2,1-4H3,(H,28,30). The molecule has 0 unspecified atom stereocenters. The van der Waals surface area contributed by atoms with Gasteiger partial charge in [-0.15, -0.1) is 0 Å². The molecular weight excluding hydrogens is 464 g/mol. The van der Waals surface area contributed by atoms with Crippen LogP contribution in [0.15, 0.2) is 71.6 Å². The van der Waals surface area contributed by atoms with Gasteiger partial charge < -0.3 is 14.8 Å². The van der Waals surface area contributed by atoms with Crippen molar-refractivity contribution in [3.8, 4) is 11.5 Å². The van der Waals surface area contributed by atoms with Gasteiger partial charge in [0.2, 0.25) is 15.9 Å². The number of aryl methyl sites for hydroxylation is 2. The SMILES string of the molecule is COc1ccc(CCNC(=O)CN(Cc2ccccc2)S(=O)(=O)c2cc(C)ccc2C)cc1OC. The highest BCUT2D eigenvalue weighted by Gasteiger charge is 2.28. The zero-order valence-corrected chi connectivity index (χ0v) is 21.4. The quantitative estimate of drug-likeness (QED) is 0.436. The Labute approximate surface area is 207 Å². The van der Waals surface area contributed by atoms with E-state index in [-0.39, 0.29) is 23.9 Å². The number of methoxy groups -OCH3 is 2. The van der Waals surface area contributed by atoms with Crippen LogP contribution in [-0.2, 0) is 27.8 Å². The predicted molar refractivity (Wildman–Crippen MR) is 136 cm³/mol. The molecule has 0 aliphatic carbocycles. The van der Waals surface area contributed by atoms with E-state index >= 15 is 0 Å². The molecule has 3 rings (SSSR count). The Morgan fingerprint density at radius 2 is 1.60 bits per heavy atom. The van der Waals surface area contributed by atoms with E-state index in [1.165, 1.54) is 4.31 Å². The molecule has 35 heavy (non-hydrogen) atoms. The van der Waals surface area contributed by atoms with E-state index in [1.54, 1.807) is 33.3 Å². The summed E-state index contributed by atoms with van der Waals surface area (Å²) in [7, 11) is -0.754. The van der Waals surface area contributed by atoms with Crippen LogP contribution in [0, 0.1) is 13.8 Å². The third-order valence-electron chi connectivity index (χ3n) is 5.67. The zero-order valence-electron chi connectivity index (χ0n) is 20.6. The Morgan fingerprint density at radius 1 is 0.886 bits per heavy atom. The summed E-state index contributed by atoms with van der Waals surface area (Å²) in [6.07, 6.45) is 0.564. The highest BCUT2D eigenvalue weighted by molar-refractivity contribution is 7.89. The van der Waals surface area contributed by atoms with Crippen molar-refractivity contribution in [1.82, 2.24) is 9.62 Å². The van der Waals surface area contributed by atoms with Crippen LogP contribution >= 0.6 is 0 Å². The van der Waals surface area contributed by atoms with E-state index in [9.17, 15) is 13.2 Å². The second kappa shape index (κ2) is 11.9. The summed E-state index contributed by atoms with van der Waals surface area (Å²) in [4.78, 5) is 13.0. The largest absolute Gasteiger partial charge is 0.493 e. The molecule has 8 heteroatoms. The van der Waals surface area contributed by atoms with Crippen molar-refractivity contribution in [1.29, 1.82) is 0 Å². The molecule has 3 aromatic rings. The normalized spacial score (nSPS) is 11.3. The van der Waals surface area contributed by atoms with Gasteiger partial charge in [0.15, 0.2) is 11.5 Å². The van der Waals surface area contributed by atoms with Crippen molar-refractivity contribution in [3.63, 3.8) is 0 Å². The number of sulfonamides is 1. The van der Waals surface area contributed by atoms with Crippen LogP contribution in [0.5, 0.6) is 11.5 Å². The number of carbonyl (C=O) groups excluding carboxylic acids is 1. The molecule has 0 bridgehead atoms. The van der Waals surface area contributed by atoms with Crippen LogP contribution in [0.4, 0.5) is 0 Å². The van der Waals surface area contributed by atoms with Gasteiger partial charge >= 0.3 is 0 Å². The van der Waals surface area contributed by atoms with Gasteiger partial charge in [-0.2, -0.15) is 4.31 Å². The van der Waals surface area contributed by atoms with E-state index in [1.807, 2.05) is 61.5 Å². The Balaban J connectivity index is 1.74. The van der Waals surface area contributed by atoms with Crippen molar-refractivity contribution in [2.75, 3.05) is 27.3 Å². The molecule has 0 aromatic heterocycles. The minimum absolute atomic E-state index is 0.0969. The van der Waals surface area contributed by atoms with Crippen molar-refractivity contribution in [2.24, 2.45) is 0 Å². The van der Waals surface area contributed by atoms with Crippen molar-refractivity contribution in [2.45, 2.75) is 31.7 Å². The molecule has 1 amide bonds. The van der Waals surface area contributed by atoms with Gasteiger partial charge in [0.1, 0.15) is 0 Å². The average molecular weight is 497 g/mol. The first kappa shape index (κ1) is 26.2. The first-order valence-corrected chi connectivity index (χ1v) is 12.8. The fraction of sp³-hybridized carbons (Fsp3) is 0.296. The van der Waals surface area contributed by atoms with Gasteiger partial charge in [0, 0.05) is 13.1 Å². The van der Waals surface area contributed by atoms with Crippen LogP contribution in [-0.4, -0.2) is 45.9 Å². The number of hydrogen-bond acceptors (Lipinski definition) is 5. The molecule has 3 aromatic carbocycles. The van der Waals surface area contributed by atoms with E-state index in [0.29, 0.717) is 30.0 Å². The number of ether oxygens (including phenoxy) is 2. The van der Waals surface area contributed by atoms with Gasteiger partial charge in [-0.3, -0.25) is 4.79 Å². The first-order chi connectivity index (χ1) is 16.7. The Hall–Kier alpha value is -3.36. The van der Waals surface area contributed by atoms with Crippen LogP contribution in [0.3, 0.4) is 0 Å². The van der Waals surface area contributed by atoms with Crippen LogP contribution < -0.4 is 14.8 Å². The lowest BCUT2D eigenvalue weighted by molar-refractivity contribution is -0.121. The maximum absolute atomic E-state index is 13.6. The molecule has 0 fully saturated rings. The molecule has 0 heterocycles. The summed E-state index contributed by atoms with van der Waals surface area (Å²) < 4.78 is 39.0. The molecule has 0 atom stereocenters. The second-order valence-electron chi connectivity index (χ2n) is 8.32. The molecule has 7 nitrogen and oxygen atoms in total. The van der Waals surface area contributed by atoms with Crippen molar-refractivity contribution in [3.05, 3.63) is 89.0 Å². The summed E-state index contributed by atoms with van der Waals surface area (Å²) >= 11 is 0. The van der Waals surface area contributed by atoms with Gasteiger partial charge in [0.25, 0.3) is 0 Å². The molecule has 0 saturated heterocycles. The summed E-state index contributed by atoms with van der Waals surface area (Å²) in [5, 5.41) is 2.85. The van der Waals surface area contributed by atoms with Gasteiger partial charge in [-0.05, 0) is 60.7 Å². The molecule has 0 aliphatic heterocycles. The maximum atomic E-state index is 13.6. The van der Waals surface area contributed by atoms with E-state index < -0.39 is 10.0 Å². The summed E-state index contributed by atoms with van der Waals surface area (Å²) in [5.41, 5.74) is 3.25. The molecule has 0 radical (unpaired) electrons. The van der Waals surface area contributed by atoms with E-state index in [4.69, 9.17) is 9.47 Å². The van der Waals surface area contributed by atoms with Crippen molar-refractivity contribution < 1.29 is 22.7 Å². The summed E-state index contributed by atoms with van der Waals surface area (Å²) in [6.45, 7) is 3.78. The molecule has 0 spiro atoms. The number of benzene rings is 3. The Morgan fingerprint density at radius 3 is 2.29 bits per heavy atom. The predicted octanol–water partition coefficient (Wildman–Crippen LogP) is 3.87. The Bertz CT molecular complexity index is 1260. The first-order valence-electron chi connectivity index (χ1n) is 11.3. The third kappa shape index (κ3) is 6.83. The maximum Gasteiger partial charge on any atom is 0.244 e. The topological polar surface area (TPSA) is 84.9 Å². The average Bonchev–Trinajstić information content (AvgIpc) is 2.85. The summed E-state index contributed by atoms with van der Waals surface area (Å²) in [6, 6.07) is 20.1. The third-order valence-corrected chi connectivity index (χ3v) is 7.60. The van der Waals surface area contributed by atoms with Gasteiger partial charge in [0.05, 0.1) is 25.7 Å². The monoisotopic (exact) mass is 496 g/mol. The van der Waals surface area contributed by atoms with E-state index in [0.717, 1.165) is 16.7 Å². The highest BCUT2D eigenvalue weighted by atomic mass is 32.2. The fourth-order valence-corrected chi connectivity index (χ4v) is 5.43. The zero-order chi connectivity index (χ0) is 25.4. The number of amides is 1. The summed E-state index contributed by atoms with van der Waals surface area (Å²) in [5.74, 6) is 0.883. The number of hydrogen-bond donors (Lipinski definition) is 1. The number of nitrogens with zero attached hydrogens (tertiary/aromatic N) is 1. The second-order valence-corrected chi connectivity index (χ2v) is 10.2. The number of rotatable bonds is 11. The molecular formula is C27H32N2O5S. The minimum atomic E-state index is -3.90.